The van der Waals surface area contributed by atoms with Crippen LogP contribution in [0.5, 0.6) is 17.2 Å². The van der Waals surface area contributed by atoms with Crippen LogP contribution in [0.2, 0.25) is 0 Å². The van der Waals surface area contributed by atoms with Gasteiger partial charge in [-0.05, 0) is 87.0 Å². The van der Waals surface area contributed by atoms with Crippen LogP contribution < -0.4 is 25.8 Å². The molecule has 0 bridgehead atoms. The number of carbonyl (C=O) groups is 3. The van der Waals surface area contributed by atoms with Gasteiger partial charge in [-0.3, -0.25) is 19.3 Å². The number of nitrogen functional groups attached to an aromatic ring is 1. The lowest BCUT2D eigenvalue weighted by Gasteiger charge is -2.34. The number of hydrogen-bond acceptors (Lipinski definition) is 8. The number of benzene rings is 4. The van der Waals surface area contributed by atoms with Crippen molar-refractivity contribution in [3.63, 3.8) is 0 Å². The number of ether oxygens (including phenoxy) is 2. The zero-order valence-electron chi connectivity index (χ0n) is 31.5. The number of carbonyl (C=O) groups excluding carboxylic acids is 3. The van der Waals surface area contributed by atoms with Crippen molar-refractivity contribution in [1.82, 2.24) is 9.80 Å². The number of unbranched alkanes of at least 4 members (excludes halogenated alkanes) is 2. The van der Waals surface area contributed by atoms with Gasteiger partial charge in [0.2, 0.25) is 17.7 Å². The number of nitrogens with one attached hydrogen (secondary N) is 2. The lowest BCUT2D eigenvalue weighted by Crippen LogP contribution is -2.47. The number of para-hydroxylation sites is 3. The molecule has 11 heteroatoms. The van der Waals surface area contributed by atoms with Gasteiger partial charge < -0.3 is 35.8 Å². The summed E-state index contributed by atoms with van der Waals surface area (Å²) in [7, 11) is 2.05. The van der Waals surface area contributed by atoms with Crippen molar-refractivity contribution in [2.45, 2.75) is 71.1 Å². The first-order chi connectivity index (χ1) is 26.1. The topological polar surface area (TPSA) is 146 Å². The number of likely N-dealkylation sites (N-methyl/N-ethyl adjacent to an activating group) is 1. The highest BCUT2D eigenvalue weighted by Gasteiger charge is 2.31. The molecule has 11 nitrogen and oxygen atoms in total. The molecule has 0 aliphatic carbocycles. The summed E-state index contributed by atoms with van der Waals surface area (Å²) in [5, 5.41) is 15.8. The first kappa shape index (κ1) is 39.8. The molecule has 3 amide bonds. The van der Waals surface area contributed by atoms with E-state index in [-0.39, 0.29) is 48.8 Å². The van der Waals surface area contributed by atoms with E-state index in [1.807, 2.05) is 80.7 Å². The Kier molecular flexibility index (Phi) is 14.5. The molecule has 0 aromatic heterocycles. The van der Waals surface area contributed by atoms with Crippen LogP contribution in [-0.2, 0) is 27.3 Å². The lowest BCUT2D eigenvalue weighted by molar-refractivity contribution is -0.134. The molecule has 54 heavy (non-hydrogen) atoms. The molecule has 1 aliphatic rings. The SMILES string of the molecule is C[C@H]1CN([C@@H](C)CO)C(=O)Cc2cc(NC(=O)CCCCCC(=O)Nc3ccccc3N)ccc2O[C@H]1CN(C)Cc1ccc(Oc2ccccc2)cc1. The number of anilines is 3. The number of amides is 3. The fourth-order valence-electron chi connectivity index (χ4n) is 6.49. The van der Waals surface area contributed by atoms with Gasteiger partial charge in [-0.15, -0.1) is 0 Å². The van der Waals surface area contributed by atoms with Crippen molar-refractivity contribution in [2.75, 3.05) is 43.1 Å². The molecule has 0 saturated carbocycles. The molecule has 0 spiro atoms. The quantitative estimate of drug-likeness (QED) is 0.0721. The smallest absolute Gasteiger partial charge is 0.227 e. The van der Waals surface area contributed by atoms with Gasteiger partial charge in [0.25, 0.3) is 0 Å². The molecule has 1 aliphatic heterocycles. The van der Waals surface area contributed by atoms with Crippen LogP contribution in [0, 0.1) is 5.92 Å². The van der Waals surface area contributed by atoms with Crippen molar-refractivity contribution < 1.29 is 29.0 Å². The molecular weight excluding hydrogens is 683 g/mol. The van der Waals surface area contributed by atoms with E-state index in [2.05, 4.69) is 34.6 Å². The fourth-order valence-corrected chi connectivity index (χ4v) is 6.49. The molecule has 3 atom stereocenters. The fraction of sp³-hybridized carbons (Fsp3) is 0.372. The number of aliphatic hydroxyl groups excluding tert-OH is 1. The average molecular weight is 736 g/mol. The summed E-state index contributed by atoms with van der Waals surface area (Å²) in [4.78, 5) is 42.8. The Bertz CT molecular complexity index is 1840. The second-order valence-electron chi connectivity index (χ2n) is 14.2. The van der Waals surface area contributed by atoms with Crippen molar-refractivity contribution in [3.05, 3.63) is 108 Å². The first-order valence-electron chi connectivity index (χ1n) is 18.7. The normalized spacial score (nSPS) is 16.3. The minimum Gasteiger partial charge on any atom is -0.488 e. The molecule has 286 valence electrons. The number of aliphatic hydroxyl groups is 1. The van der Waals surface area contributed by atoms with E-state index in [1.54, 1.807) is 23.1 Å². The third kappa shape index (κ3) is 11.8. The predicted molar refractivity (Wildman–Crippen MR) is 212 cm³/mol. The van der Waals surface area contributed by atoms with E-state index in [0.717, 1.165) is 23.5 Å². The Morgan fingerprint density at radius 3 is 2.30 bits per heavy atom. The van der Waals surface area contributed by atoms with E-state index < -0.39 is 0 Å². The molecule has 0 unspecified atom stereocenters. The van der Waals surface area contributed by atoms with E-state index in [0.29, 0.717) is 73.7 Å². The molecule has 0 radical (unpaired) electrons. The lowest BCUT2D eigenvalue weighted by atomic mass is 10.0. The van der Waals surface area contributed by atoms with Gasteiger partial charge in [-0.2, -0.15) is 0 Å². The molecule has 5 rings (SSSR count). The van der Waals surface area contributed by atoms with Crippen molar-refractivity contribution >= 4 is 34.8 Å². The molecule has 0 saturated heterocycles. The van der Waals surface area contributed by atoms with Crippen molar-refractivity contribution in [1.29, 1.82) is 0 Å². The molecule has 4 aromatic carbocycles. The van der Waals surface area contributed by atoms with E-state index in [9.17, 15) is 19.5 Å². The molecule has 4 aromatic rings. The minimum absolute atomic E-state index is 0.0417. The maximum Gasteiger partial charge on any atom is 0.227 e. The van der Waals surface area contributed by atoms with Crippen LogP contribution in [0.4, 0.5) is 17.1 Å². The molecule has 0 fully saturated rings. The number of hydrogen-bond donors (Lipinski definition) is 4. The van der Waals surface area contributed by atoms with E-state index in [1.165, 1.54) is 0 Å². The largest absolute Gasteiger partial charge is 0.488 e. The zero-order valence-corrected chi connectivity index (χ0v) is 31.5. The van der Waals surface area contributed by atoms with Gasteiger partial charge in [0.1, 0.15) is 23.4 Å². The summed E-state index contributed by atoms with van der Waals surface area (Å²) >= 11 is 0. The molecular formula is C43H53N5O6. The number of fused-ring (bicyclic) bond motifs is 1. The Labute approximate surface area is 318 Å². The zero-order chi connectivity index (χ0) is 38.5. The predicted octanol–water partition coefficient (Wildman–Crippen LogP) is 6.87. The minimum atomic E-state index is -0.359. The Balaban J connectivity index is 1.18. The highest BCUT2D eigenvalue weighted by molar-refractivity contribution is 5.94. The standard InChI is InChI=1S/C43H53N5O6/c1-30-26-48(31(2)29-49)43(52)25-33-24-34(45-41(50)16-8-5-9-17-42(51)46-38-15-11-10-14-37(38)44)20-23-39(33)54-40(30)28-47(3)27-32-18-21-36(22-19-32)53-35-12-6-4-7-13-35/h4,6-7,10-15,18-24,30-31,40,49H,5,8-9,16-17,25-29,44H2,1-3H3,(H,45,50)(H,46,51)/t30-,31-,40-/m0/s1. The van der Waals surface area contributed by atoms with Gasteiger partial charge in [-0.25, -0.2) is 0 Å². The van der Waals surface area contributed by atoms with Gasteiger partial charge in [-0.1, -0.05) is 55.8 Å². The second-order valence-corrected chi connectivity index (χ2v) is 14.2. The summed E-state index contributed by atoms with van der Waals surface area (Å²) in [5.74, 6) is 1.75. The average Bonchev–Trinajstić information content (AvgIpc) is 3.20. The molecule has 5 N–H and O–H groups in total. The van der Waals surface area contributed by atoms with Crippen LogP contribution >= 0.6 is 0 Å². The molecule has 1 heterocycles. The van der Waals surface area contributed by atoms with Crippen LogP contribution in [0.1, 0.15) is 57.1 Å². The van der Waals surface area contributed by atoms with Gasteiger partial charge in [0, 0.05) is 49.6 Å². The highest BCUT2D eigenvalue weighted by atomic mass is 16.5. The summed E-state index contributed by atoms with van der Waals surface area (Å²) in [5.41, 5.74) is 9.40. The summed E-state index contributed by atoms with van der Waals surface area (Å²) < 4.78 is 12.6. The number of nitrogens with zero attached hydrogens (tertiary/aromatic N) is 2. The third-order valence-electron chi connectivity index (χ3n) is 9.59. The summed E-state index contributed by atoms with van der Waals surface area (Å²) in [6.07, 6.45) is 2.46. The van der Waals surface area contributed by atoms with E-state index >= 15 is 0 Å². The van der Waals surface area contributed by atoms with E-state index in [4.69, 9.17) is 15.2 Å². The monoisotopic (exact) mass is 735 g/mol. The Morgan fingerprint density at radius 2 is 1.59 bits per heavy atom. The first-order valence-corrected chi connectivity index (χ1v) is 18.7. The van der Waals surface area contributed by atoms with Crippen LogP contribution in [-0.4, -0.2) is 71.5 Å². The van der Waals surface area contributed by atoms with Crippen LogP contribution in [0.3, 0.4) is 0 Å². The van der Waals surface area contributed by atoms with Crippen LogP contribution in [0.15, 0.2) is 97.1 Å². The highest BCUT2D eigenvalue weighted by Crippen LogP contribution is 2.30. The van der Waals surface area contributed by atoms with Gasteiger partial charge in [0.05, 0.1) is 30.4 Å². The number of rotatable bonds is 16. The van der Waals surface area contributed by atoms with Crippen LogP contribution in [0.25, 0.3) is 0 Å². The maximum atomic E-state index is 13.7. The Morgan fingerprint density at radius 1 is 0.926 bits per heavy atom. The maximum absolute atomic E-state index is 13.7. The van der Waals surface area contributed by atoms with Gasteiger partial charge >= 0.3 is 0 Å². The van der Waals surface area contributed by atoms with Crippen molar-refractivity contribution in [3.8, 4) is 17.2 Å². The summed E-state index contributed by atoms with van der Waals surface area (Å²) in [6, 6.07) is 29.9. The Hall–Kier alpha value is -5.39. The number of nitrogens with two attached hydrogens (primary N) is 1. The summed E-state index contributed by atoms with van der Waals surface area (Å²) in [6.45, 7) is 5.48. The third-order valence-corrected chi connectivity index (χ3v) is 9.59. The van der Waals surface area contributed by atoms with Gasteiger partial charge in [0.15, 0.2) is 0 Å². The second kappa shape index (κ2) is 19.6. The van der Waals surface area contributed by atoms with Crippen molar-refractivity contribution in [2.24, 2.45) is 5.92 Å².